The number of halogens is 1. The number of hydrogen-bond donors (Lipinski definition) is 1. The number of benzene rings is 2. The third kappa shape index (κ3) is 5.00. The van der Waals surface area contributed by atoms with Gasteiger partial charge in [0, 0.05) is 7.05 Å². The van der Waals surface area contributed by atoms with Crippen LogP contribution in [0.2, 0.25) is 5.02 Å². The fraction of sp³-hybridized carbons (Fsp3) is 0.348. The number of rotatable bonds is 6. The number of carbonyl (C=O) groups is 3. The van der Waals surface area contributed by atoms with E-state index in [9.17, 15) is 14.4 Å². The highest BCUT2D eigenvalue weighted by Crippen LogP contribution is 2.33. The van der Waals surface area contributed by atoms with Crippen LogP contribution in [0, 0.1) is 0 Å². The molecule has 1 aliphatic rings. The van der Waals surface area contributed by atoms with Crippen molar-refractivity contribution >= 4 is 29.4 Å². The monoisotopic (exact) mass is 428 g/mol. The zero-order valence-corrected chi connectivity index (χ0v) is 17.8. The highest BCUT2D eigenvalue weighted by molar-refractivity contribution is 6.33. The SMILES string of the molecule is C[C@H](NC(=O)c1ccccc1Cl)C(=O)OCC(=O)N(C)C1CCCc2ccccc21. The van der Waals surface area contributed by atoms with Gasteiger partial charge in [-0.15, -0.1) is 0 Å². The second-order valence-corrected chi connectivity index (χ2v) is 7.80. The number of ether oxygens (including phenoxy) is 1. The highest BCUT2D eigenvalue weighted by Gasteiger charge is 2.27. The first-order valence-electron chi connectivity index (χ1n) is 9.94. The number of esters is 1. The summed E-state index contributed by atoms with van der Waals surface area (Å²) >= 11 is 6.00. The molecule has 1 unspecified atom stereocenters. The smallest absolute Gasteiger partial charge is 0.328 e. The largest absolute Gasteiger partial charge is 0.454 e. The average Bonchev–Trinajstić information content (AvgIpc) is 2.76. The van der Waals surface area contributed by atoms with Crippen LogP contribution < -0.4 is 5.32 Å². The van der Waals surface area contributed by atoms with Gasteiger partial charge in [-0.05, 0) is 49.4 Å². The molecule has 30 heavy (non-hydrogen) atoms. The number of nitrogens with one attached hydrogen (secondary N) is 1. The van der Waals surface area contributed by atoms with Crippen molar-refractivity contribution in [2.24, 2.45) is 0 Å². The van der Waals surface area contributed by atoms with Crippen molar-refractivity contribution in [1.82, 2.24) is 10.2 Å². The Bertz CT molecular complexity index is 946. The van der Waals surface area contributed by atoms with Crippen molar-refractivity contribution in [3.8, 4) is 0 Å². The van der Waals surface area contributed by atoms with Crippen molar-refractivity contribution in [1.29, 1.82) is 0 Å². The summed E-state index contributed by atoms with van der Waals surface area (Å²) in [6, 6.07) is 13.7. The quantitative estimate of drug-likeness (QED) is 0.714. The number of fused-ring (bicyclic) bond motifs is 1. The number of likely N-dealkylation sites (N-methyl/N-ethyl adjacent to an activating group) is 1. The molecule has 1 aliphatic carbocycles. The summed E-state index contributed by atoms with van der Waals surface area (Å²) in [7, 11) is 1.73. The fourth-order valence-corrected chi connectivity index (χ4v) is 3.86. The summed E-state index contributed by atoms with van der Waals surface area (Å²) in [6.45, 7) is 1.13. The van der Waals surface area contributed by atoms with Crippen LogP contribution in [0.1, 0.15) is 47.3 Å². The summed E-state index contributed by atoms with van der Waals surface area (Å²) in [5.41, 5.74) is 2.66. The lowest BCUT2D eigenvalue weighted by Gasteiger charge is -2.33. The third-order valence-corrected chi connectivity index (χ3v) is 5.69. The van der Waals surface area contributed by atoms with Gasteiger partial charge in [0.25, 0.3) is 11.8 Å². The van der Waals surface area contributed by atoms with Gasteiger partial charge >= 0.3 is 5.97 Å². The lowest BCUT2D eigenvalue weighted by Crippen LogP contribution is -2.42. The van der Waals surface area contributed by atoms with Crippen LogP contribution in [0.15, 0.2) is 48.5 Å². The first-order chi connectivity index (χ1) is 14.4. The summed E-state index contributed by atoms with van der Waals surface area (Å²) in [4.78, 5) is 38.8. The maximum Gasteiger partial charge on any atom is 0.328 e. The Labute approximate surface area is 181 Å². The Balaban J connectivity index is 1.53. The van der Waals surface area contributed by atoms with Crippen molar-refractivity contribution in [2.45, 2.75) is 38.3 Å². The van der Waals surface area contributed by atoms with Gasteiger partial charge in [-0.2, -0.15) is 0 Å². The molecule has 2 aromatic carbocycles. The minimum Gasteiger partial charge on any atom is -0.454 e. The Morgan fingerprint density at radius 3 is 2.63 bits per heavy atom. The number of amides is 2. The summed E-state index contributed by atoms with van der Waals surface area (Å²) in [6.07, 6.45) is 2.88. The molecule has 2 atom stereocenters. The maximum atomic E-state index is 12.6. The zero-order chi connectivity index (χ0) is 21.7. The lowest BCUT2D eigenvalue weighted by atomic mass is 9.87. The molecule has 7 heteroatoms. The first kappa shape index (κ1) is 21.8. The predicted molar refractivity (Wildman–Crippen MR) is 114 cm³/mol. The van der Waals surface area contributed by atoms with E-state index in [-0.39, 0.29) is 24.1 Å². The highest BCUT2D eigenvalue weighted by atomic mass is 35.5. The Morgan fingerprint density at radius 1 is 1.17 bits per heavy atom. The third-order valence-electron chi connectivity index (χ3n) is 5.36. The maximum absolute atomic E-state index is 12.6. The number of carbonyl (C=O) groups excluding carboxylic acids is 3. The molecule has 2 aromatic rings. The van der Waals surface area contributed by atoms with Crippen LogP contribution in [-0.2, 0) is 20.7 Å². The van der Waals surface area contributed by atoms with Gasteiger partial charge in [-0.25, -0.2) is 4.79 Å². The molecule has 0 radical (unpaired) electrons. The molecule has 0 fully saturated rings. The van der Waals surface area contributed by atoms with E-state index in [0.29, 0.717) is 5.02 Å². The second kappa shape index (κ2) is 9.76. The molecular weight excluding hydrogens is 404 g/mol. The second-order valence-electron chi connectivity index (χ2n) is 7.39. The lowest BCUT2D eigenvalue weighted by molar-refractivity contribution is -0.153. The van der Waals surface area contributed by atoms with Crippen LogP contribution in [0.5, 0.6) is 0 Å². The van der Waals surface area contributed by atoms with Gasteiger partial charge in [-0.1, -0.05) is 48.0 Å². The molecule has 0 spiro atoms. The summed E-state index contributed by atoms with van der Waals surface area (Å²) < 4.78 is 5.15. The summed E-state index contributed by atoms with van der Waals surface area (Å²) in [5.74, 6) is -1.44. The minimum atomic E-state index is -0.915. The molecule has 0 bridgehead atoms. The molecule has 3 rings (SSSR count). The molecule has 158 valence electrons. The van der Waals surface area contributed by atoms with Crippen LogP contribution in [0.25, 0.3) is 0 Å². The van der Waals surface area contributed by atoms with Gasteiger partial charge in [0.15, 0.2) is 6.61 Å². The van der Waals surface area contributed by atoms with E-state index in [4.69, 9.17) is 16.3 Å². The molecule has 0 aromatic heterocycles. The van der Waals surface area contributed by atoms with Crippen LogP contribution in [0.4, 0.5) is 0 Å². The molecule has 6 nitrogen and oxygen atoms in total. The number of aryl methyl sites for hydroxylation is 1. The van der Waals surface area contributed by atoms with Crippen molar-refractivity contribution in [2.75, 3.05) is 13.7 Å². The van der Waals surface area contributed by atoms with Crippen molar-refractivity contribution < 1.29 is 19.1 Å². The predicted octanol–water partition coefficient (Wildman–Crippen LogP) is 3.54. The van der Waals surface area contributed by atoms with E-state index >= 15 is 0 Å². The number of nitrogens with zero attached hydrogens (tertiary/aromatic N) is 1. The Kier molecular flexibility index (Phi) is 7.11. The Morgan fingerprint density at radius 2 is 1.87 bits per heavy atom. The molecule has 2 amide bonds. The van der Waals surface area contributed by atoms with Gasteiger partial charge < -0.3 is 15.0 Å². The van der Waals surface area contributed by atoms with Crippen LogP contribution in [0.3, 0.4) is 0 Å². The van der Waals surface area contributed by atoms with E-state index in [1.54, 1.807) is 36.2 Å². The standard InChI is InChI=1S/C23H25ClN2O4/c1-15(25-22(28)18-11-5-6-12-19(18)24)23(29)30-14-21(27)26(2)20-13-7-9-16-8-3-4-10-17(16)20/h3-6,8,10-12,15,20H,7,9,13-14H2,1-2H3,(H,25,28)/t15-,20?/m0/s1. The van der Waals surface area contributed by atoms with Crippen molar-refractivity contribution in [3.05, 3.63) is 70.2 Å². The first-order valence-corrected chi connectivity index (χ1v) is 10.3. The van der Waals surface area contributed by atoms with Gasteiger partial charge in [0.1, 0.15) is 6.04 Å². The zero-order valence-electron chi connectivity index (χ0n) is 17.1. The van der Waals surface area contributed by atoms with E-state index in [1.807, 2.05) is 18.2 Å². The molecule has 0 saturated carbocycles. The molecule has 0 saturated heterocycles. The van der Waals surface area contributed by atoms with E-state index in [2.05, 4.69) is 11.4 Å². The van der Waals surface area contributed by atoms with Gasteiger partial charge in [-0.3, -0.25) is 9.59 Å². The van der Waals surface area contributed by atoms with Gasteiger partial charge in [0.05, 0.1) is 16.6 Å². The summed E-state index contributed by atoms with van der Waals surface area (Å²) in [5, 5.41) is 2.84. The van der Waals surface area contributed by atoms with E-state index < -0.39 is 17.9 Å². The van der Waals surface area contributed by atoms with Gasteiger partial charge in [0.2, 0.25) is 0 Å². The Hall–Kier alpha value is -2.86. The average molecular weight is 429 g/mol. The van der Waals surface area contributed by atoms with E-state index in [0.717, 1.165) is 24.8 Å². The topological polar surface area (TPSA) is 75.7 Å². The molecule has 0 aliphatic heterocycles. The minimum absolute atomic E-state index is 0.0292. The normalized spacial score (nSPS) is 16.2. The van der Waals surface area contributed by atoms with Crippen molar-refractivity contribution in [3.63, 3.8) is 0 Å². The molecular formula is C23H25ClN2O4. The fourth-order valence-electron chi connectivity index (χ4n) is 3.64. The van der Waals surface area contributed by atoms with Crippen LogP contribution in [-0.4, -0.2) is 42.4 Å². The number of hydrogen-bond acceptors (Lipinski definition) is 4. The molecule has 1 N–H and O–H groups in total. The van der Waals surface area contributed by atoms with Crippen LogP contribution >= 0.6 is 11.6 Å². The molecule has 0 heterocycles. The van der Waals surface area contributed by atoms with E-state index in [1.165, 1.54) is 12.5 Å².